The SMILES string of the molecule is CCC/C=C/c1cccc(CCc2ccc(CCCCC)cc2)c1. The smallest absolute Gasteiger partial charge is 0.0238 e. The van der Waals surface area contributed by atoms with E-state index in [2.05, 4.69) is 74.5 Å². The summed E-state index contributed by atoms with van der Waals surface area (Å²) in [5.74, 6) is 0. The van der Waals surface area contributed by atoms with Crippen molar-refractivity contribution in [3.63, 3.8) is 0 Å². The van der Waals surface area contributed by atoms with E-state index in [0.717, 1.165) is 19.3 Å². The lowest BCUT2D eigenvalue weighted by atomic mass is 10.00. The van der Waals surface area contributed by atoms with Crippen molar-refractivity contribution in [1.82, 2.24) is 0 Å². The van der Waals surface area contributed by atoms with Gasteiger partial charge in [0.05, 0.1) is 0 Å². The van der Waals surface area contributed by atoms with Crippen molar-refractivity contribution >= 4 is 6.08 Å². The zero-order valence-corrected chi connectivity index (χ0v) is 15.4. The van der Waals surface area contributed by atoms with E-state index in [-0.39, 0.29) is 0 Å². The van der Waals surface area contributed by atoms with Crippen LogP contribution in [0.15, 0.2) is 54.6 Å². The monoisotopic (exact) mass is 320 g/mol. The first-order valence-corrected chi connectivity index (χ1v) is 9.65. The van der Waals surface area contributed by atoms with Crippen LogP contribution in [-0.4, -0.2) is 0 Å². The Kier molecular flexibility index (Phi) is 8.38. The second-order valence-corrected chi connectivity index (χ2v) is 6.71. The summed E-state index contributed by atoms with van der Waals surface area (Å²) in [4.78, 5) is 0. The van der Waals surface area contributed by atoms with Gasteiger partial charge in [0.2, 0.25) is 0 Å². The first kappa shape index (κ1) is 18.5. The van der Waals surface area contributed by atoms with Gasteiger partial charge in [-0.15, -0.1) is 0 Å². The second-order valence-electron chi connectivity index (χ2n) is 6.71. The predicted octanol–water partition coefficient (Wildman–Crippen LogP) is 7.02. The van der Waals surface area contributed by atoms with Crippen LogP contribution >= 0.6 is 0 Å². The van der Waals surface area contributed by atoms with E-state index in [4.69, 9.17) is 0 Å². The first-order valence-electron chi connectivity index (χ1n) is 9.65. The minimum Gasteiger partial charge on any atom is -0.0840 e. The summed E-state index contributed by atoms with van der Waals surface area (Å²) in [6.45, 7) is 4.48. The first-order chi connectivity index (χ1) is 11.8. The Morgan fingerprint density at radius 1 is 0.708 bits per heavy atom. The Bertz CT molecular complexity index is 604. The molecule has 0 saturated heterocycles. The largest absolute Gasteiger partial charge is 0.0840 e. The summed E-state index contributed by atoms with van der Waals surface area (Å²) >= 11 is 0. The van der Waals surface area contributed by atoms with E-state index in [1.807, 2.05) is 0 Å². The zero-order valence-electron chi connectivity index (χ0n) is 15.4. The van der Waals surface area contributed by atoms with Crippen LogP contribution in [0, 0.1) is 0 Å². The van der Waals surface area contributed by atoms with Crippen LogP contribution < -0.4 is 0 Å². The van der Waals surface area contributed by atoms with Crippen molar-refractivity contribution in [2.45, 2.75) is 65.2 Å². The average molecular weight is 321 g/mol. The maximum atomic E-state index is 2.32. The number of hydrogen-bond donors (Lipinski definition) is 0. The van der Waals surface area contributed by atoms with E-state index in [1.54, 1.807) is 0 Å². The van der Waals surface area contributed by atoms with Crippen molar-refractivity contribution in [3.05, 3.63) is 76.9 Å². The molecule has 0 bridgehead atoms. The summed E-state index contributed by atoms with van der Waals surface area (Å²) in [6, 6.07) is 18.2. The molecule has 0 unspecified atom stereocenters. The molecule has 2 aromatic carbocycles. The van der Waals surface area contributed by atoms with Gasteiger partial charge in [0.1, 0.15) is 0 Å². The molecular weight excluding hydrogens is 288 g/mol. The molecule has 0 fully saturated rings. The van der Waals surface area contributed by atoms with Gasteiger partial charge in [-0.3, -0.25) is 0 Å². The number of aryl methyl sites for hydroxylation is 3. The lowest BCUT2D eigenvalue weighted by Crippen LogP contribution is -1.93. The molecule has 0 heteroatoms. The van der Waals surface area contributed by atoms with Crippen LogP contribution in [0.3, 0.4) is 0 Å². The highest BCUT2D eigenvalue weighted by molar-refractivity contribution is 5.50. The maximum Gasteiger partial charge on any atom is -0.0238 e. The standard InChI is InChI=1S/C24H32/c1-3-5-7-10-21-14-16-22(17-15-21)18-19-24-13-9-12-23(20-24)11-8-6-4-2/h8-9,11-17,20H,3-7,10,18-19H2,1-2H3/b11-8+. The summed E-state index contributed by atoms with van der Waals surface area (Å²) in [7, 11) is 0. The van der Waals surface area contributed by atoms with E-state index in [0.29, 0.717) is 0 Å². The molecule has 0 radical (unpaired) electrons. The van der Waals surface area contributed by atoms with Crippen molar-refractivity contribution in [2.75, 3.05) is 0 Å². The Hall–Kier alpha value is -1.82. The molecule has 0 saturated carbocycles. The van der Waals surface area contributed by atoms with Crippen molar-refractivity contribution in [1.29, 1.82) is 0 Å². The van der Waals surface area contributed by atoms with Crippen LogP contribution in [0.5, 0.6) is 0 Å². The molecule has 0 aliphatic rings. The highest BCUT2D eigenvalue weighted by atomic mass is 14.0. The van der Waals surface area contributed by atoms with Crippen LogP contribution in [0.4, 0.5) is 0 Å². The molecule has 0 amide bonds. The van der Waals surface area contributed by atoms with E-state index in [9.17, 15) is 0 Å². The molecule has 24 heavy (non-hydrogen) atoms. The molecule has 0 aliphatic carbocycles. The van der Waals surface area contributed by atoms with Gasteiger partial charge in [0.25, 0.3) is 0 Å². The van der Waals surface area contributed by atoms with Crippen molar-refractivity contribution in [3.8, 4) is 0 Å². The molecule has 128 valence electrons. The van der Waals surface area contributed by atoms with Crippen molar-refractivity contribution in [2.24, 2.45) is 0 Å². The van der Waals surface area contributed by atoms with Gasteiger partial charge in [0.15, 0.2) is 0 Å². The molecule has 0 heterocycles. The summed E-state index contributed by atoms with van der Waals surface area (Å²) in [5, 5.41) is 0. The topological polar surface area (TPSA) is 0 Å². The summed E-state index contributed by atoms with van der Waals surface area (Å²) in [5.41, 5.74) is 5.68. The van der Waals surface area contributed by atoms with Gasteiger partial charge in [0, 0.05) is 0 Å². The van der Waals surface area contributed by atoms with E-state index < -0.39 is 0 Å². The van der Waals surface area contributed by atoms with Crippen LogP contribution in [0.2, 0.25) is 0 Å². The predicted molar refractivity (Wildman–Crippen MR) is 107 cm³/mol. The minimum atomic E-state index is 1.12. The van der Waals surface area contributed by atoms with Gasteiger partial charge >= 0.3 is 0 Å². The lowest BCUT2D eigenvalue weighted by Gasteiger charge is -2.06. The fourth-order valence-corrected chi connectivity index (χ4v) is 2.98. The third-order valence-electron chi connectivity index (χ3n) is 4.51. The number of benzene rings is 2. The quantitative estimate of drug-likeness (QED) is 0.413. The molecular formula is C24H32. The third-order valence-corrected chi connectivity index (χ3v) is 4.51. The fourth-order valence-electron chi connectivity index (χ4n) is 2.98. The second kappa shape index (κ2) is 10.9. The Morgan fingerprint density at radius 3 is 2.12 bits per heavy atom. The normalized spacial score (nSPS) is 11.2. The van der Waals surface area contributed by atoms with Crippen LogP contribution in [0.25, 0.3) is 6.08 Å². The highest BCUT2D eigenvalue weighted by Gasteiger charge is 1.98. The Morgan fingerprint density at radius 2 is 1.42 bits per heavy atom. The van der Waals surface area contributed by atoms with Crippen LogP contribution in [-0.2, 0) is 19.3 Å². The molecule has 0 N–H and O–H groups in total. The Labute approximate surface area is 148 Å². The van der Waals surface area contributed by atoms with Gasteiger partial charge in [-0.1, -0.05) is 93.8 Å². The molecule has 2 rings (SSSR count). The molecule has 0 spiro atoms. The lowest BCUT2D eigenvalue weighted by molar-refractivity contribution is 0.717. The van der Waals surface area contributed by atoms with Gasteiger partial charge in [-0.05, 0) is 54.4 Å². The van der Waals surface area contributed by atoms with E-state index >= 15 is 0 Å². The zero-order chi connectivity index (χ0) is 17.0. The number of allylic oxidation sites excluding steroid dienone is 1. The average Bonchev–Trinajstić information content (AvgIpc) is 2.62. The minimum absolute atomic E-state index is 1.12. The highest BCUT2D eigenvalue weighted by Crippen LogP contribution is 2.13. The summed E-state index contributed by atoms with van der Waals surface area (Å²) in [6.07, 6.45) is 14.3. The van der Waals surface area contributed by atoms with Gasteiger partial charge < -0.3 is 0 Å². The van der Waals surface area contributed by atoms with Gasteiger partial charge in [-0.2, -0.15) is 0 Å². The molecule has 0 aromatic heterocycles. The maximum absolute atomic E-state index is 2.32. The molecule has 2 aromatic rings. The van der Waals surface area contributed by atoms with Gasteiger partial charge in [-0.25, -0.2) is 0 Å². The molecule has 0 aliphatic heterocycles. The Balaban J connectivity index is 1.85. The number of rotatable bonds is 10. The third kappa shape index (κ3) is 6.74. The summed E-state index contributed by atoms with van der Waals surface area (Å²) < 4.78 is 0. The van der Waals surface area contributed by atoms with Crippen molar-refractivity contribution < 1.29 is 0 Å². The van der Waals surface area contributed by atoms with Crippen LogP contribution in [0.1, 0.15) is 68.2 Å². The molecule has 0 nitrogen and oxygen atoms in total. The number of hydrogen-bond acceptors (Lipinski definition) is 0. The number of unbranched alkanes of at least 4 members (excludes halogenated alkanes) is 3. The fraction of sp³-hybridized carbons (Fsp3) is 0.417. The molecule has 0 atom stereocenters. The van der Waals surface area contributed by atoms with E-state index in [1.165, 1.54) is 54.4 Å².